The lowest BCUT2D eigenvalue weighted by atomic mass is 10.2. The van der Waals surface area contributed by atoms with Crippen molar-refractivity contribution in [3.63, 3.8) is 0 Å². The summed E-state index contributed by atoms with van der Waals surface area (Å²) in [6, 6.07) is 9.58. The van der Waals surface area contributed by atoms with Crippen LogP contribution in [0.4, 0.5) is 0 Å². The molecule has 2 rings (SSSR count). The van der Waals surface area contributed by atoms with Crippen LogP contribution in [0.5, 0.6) is 0 Å². The molecule has 0 radical (unpaired) electrons. The quantitative estimate of drug-likeness (QED) is 0.837. The lowest BCUT2D eigenvalue weighted by Gasteiger charge is -2.02. The van der Waals surface area contributed by atoms with E-state index in [9.17, 15) is 4.79 Å². The molecule has 4 nitrogen and oxygen atoms in total. The van der Waals surface area contributed by atoms with Crippen molar-refractivity contribution < 1.29 is 9.53 Å². The molecule has 1 heterocycles. The van der Waals surface area contributed by atoms with E-state index in [1.54, 1.807) is 6.20 Å². The predicted molar refractivity (Wildman–Crippen MR) is 70.4 cm³/mol. The standard InChI is InChI=1S/C13H14N2O2S/c14-7-6-12-15-8-11(18-12)13(16)17-9-10-4-2-1-3-5-10/h1-5,8H,6-7,9,14H2. The number of esters is 1. The number of benzene rings is 1. The molecule has 0 amide bonds. The van der Waals surface area contributed by atoms with E-state index in [1.807, 2.05) is 30.3 Å². The van der Waals surface area contributed by atoms with Crippen LogP contribution in [-0.2, 0) is 17.8 Å². The molecule has 0 spiro atoms. The number of carbonyl (C=O) groups is 1. The highest BCUT2D eigenvalue weighted by Crippen LogP contribution is 2.15. The molecule has 0 saturated heterocycles. The molecule has 5 heteroatoms. The lowest BCUT2D eigenvalue weighted by Crippen LogP contribution is -2.03. The average molecular weight is 262 g/mol. The molecule has 0 fully saturated rings. The Balaban J connectivity index is 1.91. The van der Waals surface area contributed by atoms with Crippen LogP contribution >= 0.6 is 11.3 Å². The first-order chi connectivity index (χ1) is 8.79. The number of carbonyl (C=O) groups excluding carboxylic acids is 1. The lowest BCUT2D eigenvalue weighted by molar-refractivity contribution is 0.0478. The zero-order chi connectivity index (χ0) is 12.8. The van der Waals surface area contributed by atoms with Gasteiger partial charge in [0.1, 0.15) is 11.5 Å². The Hall–Kier alpha value is -1.72. The summed E-state index contributed by atoms with van der Waals surface area (Å²) >= 11 is 1.34. The third kappa shape index (κ3) is 3.38. The summed E-state index contributed by atoms with van der Waals surface area (Å²) in [5.74, 6) is -0.334. The summed E-state index contributed by atoms with van der Waals surface area (Å²) in [5, 5.41) is 0.865. The Morgan fingerprint density at radius 1 is 1.33 bits per heavy atom. The molecule has 1 aromatic carbocycles. The molecule has 0 aliphatic rings. The van der Waals surface area contributed by atoms with E-state index >= 15 is 0 Å². The molecular weight excluding hydrogens is 248 g/mol. The van der Waals surface area contributed by atoms with Crippen LogP contribution in [0.2, 0.25) is 0 Å². The van der Waals surface area contributed by atoms with Gasteiger partial charge in [-0.25, -0.2) is 9.78 Å². The monoisotopic (exact) mass is 262 g/mol. The van der Waals surface area contributed by atoms with Crippen molar-refractivity contribution in [1.82, 2.24) is 4.98 Å². The van der Waals surface area contributed by atoms with Gasteiger partial charge < -0.3 is 10.5 Å². The van der Waals surface area contributed by atoms with E-state index in [0.717, 1.165) is 10.6 Å². The summed E-state index contributed by atoms with van der Waals surface area (Å²) in [7, 11) is 0. The van der Waals surface area contributed by atoms with Crippen LogP contribution in [0.3, 0.4) is 0 Å². The predicted octanol–water partition coefficient (Wildman–Crippen LogP) is 2.00. The van der Waals surface area contributed by atoms with E-state index in [-0.39, 0.29) is 12.6 Å². The highest BCUT2D eigenvalue weighted by molar-refractivity contribution is 7.13. The molecule has 0 bridgehead atoms. The van der Waals surface area contributed by atoms with Gasteiger partial charge in [0.2, 0.25) is 0 Å². The summed E-state index contributed by atoms with van der Waals surface area (Å²) in [6.07, 6.45) is 2.24. The second-order valence-electron chi connectivity index (χ2n) is 3.72. The normalized spacial score (nSPS) is 10.3. The van der Waals surface area contributed by atoms with E-state index in [0.29, 0.717) is 17.8 Å². The molecule has 0 aliphatic carbocycles. The summed E-state index contributed by atoms with van der Waals surface area (Å²) in [6.45, 7) is 0.815. The maximum Gasteiger partial charge on any atom is 0.350 e. The summed E-state index contributed by atoms with van der Waals surface area (Å²) < 4.78 is 5.21. The molecule has 2 aromatic rings. The topological polar surface area (TPSA) is 65.2 Å². The number of aromatic nitrogens is 1. The largest absolute Gasteiger partial charge is 0.457 e. The number of nitrogens with zero attached hydrogens (tertiary/aromatic N) is 1. The summed E-state index contributed by atoms with van der Waals surface area (Å²) in [5.41, 5.74) is 6.40. The Labute approximate surface area is 109 Å². The number of nitrogens with two attached hydrogens (primary N) is 1. The number of hydrogen-bond donors (Lipinski definition) is 1. The summed E-state index contributed by atoms with van der Waals surface area (Å²) in [4.78, 5) is 16.4. The van der Waals surface area contributed by atoms with E-state index in [1.165, 1.54) is 11.3 Å². The van der Waals surface area contributed by atoms with Gasteiger partial charge in [0.15, 0.2) is 0 Å². The fourth-order valence-electron chi connectivity index (χ4n) is 1.44. The van der Waals surface area contributed by atoms with Crippen LogP contribution in [0, 0.1) is 0 Å². The fraction of sp³-hybridized carbons (Fsp3) is 0.231. The second-order valence-corrected chi connectivity index (χ2v) is 4.83. The Morgan fingerprint density at radius 2 is 2.11 bits per heavy atom. The molecule has 0 saturated carbocycles. The second kappa shape index (κ2) is 6.28. The smallest absolute Gasteiger partial charge is 0.350 e. The Morgan fingerprint density at radius 3 is 2.83 bits per heavy atom. The number of ether oxygens (including phenoxy) is 1. The van der Waals surface area contributed by atoms with Crippen LogP contribution in [0.15, 0.2) is 36.5 Å². The minimum absolute atomic E-state index is 0.282. The molecular formula is C13H14N2O2S. The van der Waals surface area contributed by atoms with Gasteiger partial charge in [-0.2, -0.15) is 0 Å². The molecule has 18 heavy (non-hydrogen) atoms. The minimum atomic E-state index is -0.334. The minimum Gasteiger partial charge on any atom is -0.457 e. The van der Waals surface area contributed by atoms with Gasteiger partial charge in [-0.1, -0.05) is 30.3 Å². The Kier molecular flexibility index (Phi) is 4.44. The van der Waals surface area contributed by atoms with E-state index in [4.69, 9.17) is 10.5 Å². The van der Waals surface area contributed by atoms with Gasteiger partial charge in [0, 0.05) is 6.42 Å². The SMILES string of the molecule is NCCc1ncc(C(=O)OCc2ccccc2)s1. The number of hydrogen-bond acceptors (Lipinski definition) is 5. The fourth-order valence-corrected chi connectivity index (χ4v) is 2.26. The van der Waals surface area contributed by atoms with Crippen molar-refractivity contribution in [2.75, 3.05) is 6.54 Å². The zero-order valence-corrected chi connectivity index (χ0v) is 10.7. The Bertz CT molecular complexity index is 511. The first-order valence-electron chi connectivity index (χ1n) is 5.65. The van der Waals surface area contributed by atoms with Gasteiger partial charge in [-0.15, -0.1) is 11.3 Å². The van der Waals surface area contributed by atoms with Gasteiger partial charge >= 0.3 is 5.97 Å². The van der Waals surface area contributed by atoms with Crippen LogP contribution in [0.25, 0.3) is 0 Å². The van der Waals surface area contributed by atoms with Crippen molar-refractivity contribution in [3.05, 3.63) is 52.0 Å². The number of thiazole rings is 1. The molecule has 94 valence electrons. The first kappa shape index (κ1) is 12.7. The van der Waals surface area contributed by atoms with Gasteiger partial charge in [0.05, 0.1) is 11.2 Å². The molecule has 0 aliphatic heterocycles. The molecule has 0 unspecified atom stereocenters. The molecule has 2 N–H and O–H groups in total. The highest BCUT2D eigenvalue weighted by Gasteiger charge is 2.11. The molecule has 0 atom stereocenters. The maximum atomic E-state index is 11.8. The van der Waals surface area contributed by atoms with Crippen molar-refractivity contribution in [3.8, 4) is 0 Å². The molecule has 1 aromatic heterocycles. The third-order valence-corrected chi connectivity index (χ3v) is 3.36. The van der Waals surface area contributed by atoms with Crippen LogP contribution in [0.1, 0.15) is 20.2 Å². The number of rotatable bonds is 5. The van der Waals surface area contributed by atoms with E-state index in [2.05, 4.69) is 4.98 Å². The van der Waals surface area contributed by atoms with Gasteiger partial charge in [-0.3, -0.25) is 0 Å². The van der Waals surface area contributed by atoms with Crippen LogP contribution in [-0.4, -0.2) is 17.5 Å². The van der Waals surface area contributed by atoms with Crippen LogP contribution < -0.4 is 5.73 Å². The van der Waals surface area contributed by atoms with Crippen molar-refractivity contribution in [2.24, 2.45) is 5.73 Å². The van der Waals surface area contributed by atoms with E-state index < -0.39 is 0 Å². The zero-order valence-electron chi connectivity index (χ0n) is 9.83. The van der Waals surface area contributed by atoms with Crippen molar-refractivity contribution in [1.29, 1.82) is 0 Å². The average Bonchev–Trinajstić information content (AvgIpc) is 2.86. The highest BCUT2D eigenvalue weighted by atomic mass is 32.1. The third-order valence-electron chi connectivity index (χ3n) is 2.33. The van der Waals surface area contributed by atoms with Gasteiger partial charge in [0.25, 0.3) is 0 Å². The first-order valence-corrected chi connectivity index (χ1v) is 6.47. The van der Waals surface area contributed by atoms with Gasteiger partial charge in [-0.05, 0) is 12.1 Å². The van der Waals surface area contributed by atoms with Crippen molar-refractivity contribution >= 4 is 17.3 Å². The van der Waals surface area contributed by atoms with Crippen molar-refractivity contribution in [2.45, 2.75) is 13.0 Å². The maximum absolute atomic E-state index is 11.8.